The highest BCUT2D eigenvalue weighted by Crippen LogP contribution is 2.28. The largest absolute Gasteiger partial charge is 0.356 e. The van der Waals surface area contributed by atoms with Gasteiger partial charge in [0.25, 0.3) is 5.56 Å². The van der Waals surface area contributed by atoms with Crippen molar-refractivity contribution in [1.29, 1.82) is 0 Å². The average molecular weight is 460 g/mol. The third-order valence-corrected chi connectivity index (χ3v) is 6.23. The Kier molecular flexibility index (Phi) is 5.51. The van der Waals surface area contributed by atoms with E-state index in [0.29, 0.717) is 17.9 Å². The van der Waals surface area contributed by atoms with Crippen molar-refractivity contribution in [1.82, 2.24) is 19.6 Å². The number of hydrogen-bond acceptors (Lipinski definition) is 7. The van der Waals surface area contributed by atoms with Crippen LogP contribution in [0.15, 0.2) is 68.3 Å². The van der Waals surface area contributed by atoms with Gasteiger partial charge in [0.1, 0.15) is 5.65 Å². The van der Waals surface area contributed by atoms with Crippen LogP contribution in [0.5, 0.6) is 0 Å². The first-order chi connectivity index (χ1) is 13.2. The summed E-state index contributed by atoms with van der Waals surface area (Å²) in [6.45, 7) is 0.707. The number of rotatable bonds is 6. The Morgan fingerprint density at radius 1 is 1.15 bits per heavy atom. The Balaban J connectivity index is 1.40. The van der Waals surface area contributed by atoms with Crippen LogP contribution in [0, 0.1) is 0 Å². The quantitative estimate of drug-likeness (QED) is 0.435. The highest BCUT2D eigenvalue weighted by molar-refractivity contribution is 9.10. The predicted octanol–water partition coefficient (Wildman–Crippen LogP) is 4.21. The molecular weight excluding hydrogens is 446 g/mol. The minimum Gasteiger partial charge on any atom is -0.356 e. The molecule has 0 bridgehead atoms. The van der Waals surface area contributed by atoms with Crippen LogP contribution in [0.2, 0.25) is 0 Å². The fourth-order valence-electron chi connectivity index (χ4n) is 2.45. The average Bonchev–Trinajstić information content (AvgIpc) is 3.14. The zero-order valence-electron chi connectivity index (χ0n) is 14.0. The maximum absolute atomic E-state index is 12.2. The number of fused-ring (bicyclic) bond motifs is 1. The molecule has 3 aromatic heterocycles. The summed E-state index contributed by atoms with van der Waals surface area (Å²) in [4.78, 5) is 16.8. The summed E-state index contributed by atoms with van der Waals surface area (Å²) >= 11 is 6.38. The van der Waals surface area contributed by atoms with E-state index in [1.807, 2.05) is 30.3 Å². The highest BCUT2D eigenvalue weighted by Gasteiger charge is 2.08. The molecule has 4 rings (SSSR count). The van der Waals surface area contributed by atoms with Crippen LogP contribution in [-0.2, 0) is 12.3 Å². The Hall–Kier alpha value is -2.23. The molecule has 0 aliphatic rings. The lowest BCUT2D eigenvalue weighted by molar-refractivity contribution is 0.989. The molecule has 1 aromatic carbocycles. The van der Waals surface area contributed by atoms with Gasteiger partial charge in [-0.1, -0.05) is 53.4 Å². The molecule has 0 amide bonds. The summed E-state index contributed by atoms with van der Waals surface area (Å²) in [5.74, 6) is 0.565. The fraction of sp³-hybridized carbons (Fsp3) is 0.111. The van der Waals surface area contributed by atoms with Crippen molar-refractivity contribution in [3.8, 4) is 0 Å². The van der Waals surface area contributed by atoms with Crippen LogP contribution in [0.4, 0.5) is 5.13 Å². The van der Waals surface area contributed by atoms with Crippen molar-refractivity contribution in [2.45, 2.75) is 16.6 Å². The molecule has 1 N–H and O–H groups in total. The zero-order chi connectivity index (χ0) is 18.6. The SMILES string of the molecule is O=c1cc(CSc2nnc(NCc3ccccc3)s2)nc2ccc(Br)cn12. The van der Waals surface area contributed by atoms with Crippen LogP contribution < -0.4 is 10.9 Å². The first kappa shape index (κ1) is 18.1. The molecule has 0 atom stereocenters. The third-order valence-electron chi connectivity index (χ3n) is 3.71. The molecular formula is C18H14BrN5OS2. The number of aromatic nitrogens is 4. The number of thioether (sulfide) groups is 1. The summed E-state index contributed by atoms with van der Waals surface area (Å²) in [6.07, 6.45) is 1.72. The Labute approximate surface area is 171 Å². The molecule has 0 unspecified atom stereocenters. The lowest BCUT2D eigenvalue weighted by Gasteiger charge is -2.03. The van der Waals surface area contributed by atoms with Gasteiger partial charge in [0, 0.05) is 29.0 Å². The van der Waals surface area contributed by atoms with Gasteiger partial charge in [0.15, 0.2) is 4.34 Å². The lowest BCUT2D eigenvalue weighted by atomic mass is 10.2. The van der Waals surface area contributed by atoms with Crippen LogP contribution in [0.1, 0.15) is 11.3 Å². The molecule has 0 spiro atoms. The van der Waals surface area contributed by atoms with Crippen LogP contribution in [-0.4, -0.2) is 19.6 Å². The van der Waals surface area contributed by atoms with E-state index in [2.05, 4.69) is 48.6 Å². The second-order valence-corrected chi connectivity index (χ2v) is 8.78. The van der Waals surface area contributed by atoms with Gasteiger partial charge in [0.2, 0.25) is 5.13 Å². The van der Waals surface area contributed by atoms with Gasteiger partial charge in [-0.2, -0.15) is 0 Å². The van der Waals surface area contributed by atoms with Gasteiger partial charge in [0.05, 0.1) is 5.69 Å². The van der Waals surface area contributed by atoms with Crippen LogP contribution in [0.3, 0.4) is 0 Å². The molecule has 6 nitrogen and oxygen atoms in total. The summed E-state index contributed by atoms with van der Waals surface area (Å²) in [5.41, 5.74) is 2.44. The van der Waals surface area contributed by atoms with Gasteiger partial charge in [-0.3, -0.25) is 9.20 Å². The predicted molar refractivity (Wildman–Crippen MR) is 112 cm³/mol. The number of benzene rings is 1. The van der Waals surface area contributed by atoms with E-state index >= 15 is 0 Å². The number of nitrogens with zero attached hydrogens (tertiary/aromatic N) is 4. The minimum absolute atomic E-state index is 0.0978. The molecule has 0 fully saturated rings. The van der Waals surface area contributed by atoms with Gasteiger partial charge in [-0.15, -0.1) is 10.2 Å². The van der Waals surface area contributed by atoms with Crippen LogP contribution in [0.25, 0.3) is 5.65 Å². The summed E-state index contributed by atoms with van der Waals surface area (Å²) in [5, 5.41) is 12.4. The van der Waals surface area contributed by atoms with E-state index in [0.717, 1.165) is 19.6 Å². The first-order valence-corrected chi connectivity index (χ1v) is 10.7. The number of anilines is 1. The van der Waals surface area contributed by atoms with Crippen LogP contribution >= 0.6 is 39.0 Å². The van der Waals surface area contributed by atoms with Crippen molar-refractivity contribution < 1.29 is 0 Å². The monoisotopic (exact) mass is 459 g/mol. The molecule has 9 heteroatoms. The van der Waals surface area contributed by atoms with Gasteiger partial charge in [-0.05, 0) is 33.6 Å². The Bertz CT molecular complexity index is 1130. The van der Waals surface area contributed by atoms with Gasteiger partial charge >= 0.3 is 0 Å². The van der Waals surface area contributed by atoms with E-state index in [4.69, 9.17) is 0 Å². The lowest BCUT2D eigenvalue weighted by Crippen LogP contribution is -2.15. The van der Waals surface area contributed by atoms with Crippen molar-refractivity contribution in [2.75, 3.05) is 5.32 Å². The number of halogens is 1. The molecule has 0 radical (unpaired) electrons. The normalized spacial score (nSPS) is 11.0. The summed E-state index contributed by atoms with van der Waals surface area (Å²) in [6, 6.07) is 15.4. The molecule has 0 saturated heterocycles. The Morgan fingerprint density at radius 2 is 2.00 bits per heavy atom. The Morgan fingerprint density at radius 3 is 2.85 bits per heavy atom. The van der Waals surface area contributed by atoms with Crippen molar-refractivity contribution in [3.05, 3.63) is 80.8 Å². The molecule has 0 saturated carbocycles. The minimum atomic E-state index is -0.0978. The fourth-order valence-corrected chi connectivity index (χ4v) is 4.43. The van der Waals surface area contributed by atoms with Crippen molar-refractivity contribution >= 4 is 49.8 Å². The van der Waals surface area contributed by atoms with E-state index in [1.54, 1.807) is 12.3 Å². The first-order valence-electron chi connectivity index (χ1n) is 8.09. The van der Waals surface area contributed by atoms with E-state index in [1.165, 1.54) is 33.1 Å². The molecule has 27 heavy (non-hydrogen) atoms. The third kappa shape index (κ3) is 4.55. The van der Waals surface area contributed by atoms with E-state index in [9.17, 15) is 4.79 Å². The van der Waals surface area contributed by atoms with Gasteiger partial charge in [-0.25, -0.2) is 4.98 Å². The second kappa shape index (κ2) is 8.20. The topological polar surface area (TPSA) is 72.2 Å². The van der Waals surface area contributed by atoms with E-state index < -0.39 is 0 Å². The van der Waals surface area contributed by atoms with Crippen molar-refractivity contribution in [2.24, 2.45) is 0 Å². The standard InChI is InChI=1S/C18H14BrN5OS2/c19-13-6-7-15-21-14(8-16(25)24(15)10-13)11-26-18-23-22-17(27-18)20-9-12-4-2-1-3-5-12/h1-8,10H,9,11H2,(H,20,22). The smallest absolute Gasteiger partial charge is 0.258 e. The molecule has 4 aromatic rings. The molecule has 0 aliphatic carbocycles. The summed E-state index contributed by atoms with van der Waals surface area (Å²) in [7, 11) is 0. The maximum atomic E-state index is 12.2. The molecule has 136 valence electrons. The number of pyridine rings is 1. The van der Waals surface area contributed by atoms with E-state index in [-0.39, 0.29) is 5.56 Å². The molecule has 3 heterocycles. The number of nitrogens with one attached hydrogen (secondary N) is 1. The number of hydrogen-bond donors (Lipinski definition) is 1. The summed E-state index contributed by atoms with van der Waals surface area (Å²) < 4.78 is 3.20. The highest BCUT2D eigenvalue weighted by atomic mass is 79.9. The maximum Gasteiger partial charge on any atom is 0.258 e. The zero-order valence-corrected chi connectivity index (χ0v) is 17.2. The van der Waals surface area contributed by atoms with Gasteiger partial charge < -0.3 is 5.32 Å². The molecule has 0 aliphatic heterocycles. The second-order valence-electron chi connectivity index (χ2n) is 5.66. The van der Waals surface area contributed by atoms with Crippen molar-refractivity contribution in [3.63, 3.8) is 0 Å².